The minimum Gasteiger partial charge on any atom is -0.353 e. The molecule has 0 spiro atoms. The number of piperazine rings is 1. The molecule has 1 aromatic heterocycles. The molecule has 0 atom stereocenters. The van der Waals surface area contributed by atoms with Crippen molar-refractivity contribution < 1.29 is 4.79 Å². The van der Waals surface area contributed by atoms with Crippen molar-refractivity contribution in [3.05, 3.63) is 69.2 Å². The monoisotopic (exact) mass is 413 g/mol. The number of hydrogen-bond acceptors (Lipinski definition) is 3. The zero-order valence-corrected chi connectivity index (χ0v) is 17.4. The van der Waals surface area contributed by atoms with Crippen LogP contribution in [0.2, 0.25) is 10.0 Å². The number of amides is 1. The second-order valence-electron chi connectivity index (χ2n) is 7.17. The molecular weight excluding hydrogens is 393 g/mol. The van der Waals surface area contributed by atoms with Crippen LogP contribution in [0.4, 0.5) is 5.82 Å². The van der Waals surface area contributed by atoms with E-state index in [9.17, 15) is 4.79 Å². The summed E-state index contributed by atoms with van der Waals surface area (Å²) in [5, 5.41) is 2.11. The van der Waals surface area contributed by atoms with E-state index >= 15 is 0 Å². The van der Waals surface area contributed by atoms with Crippen LogP contribution in [0.3, 0.4) is 0 Å². The molecular formula is C22H21Cl2N3O. The second-order valence-corrected chi connectivity index (χ2v) is 8.02. The van der Waals surface area contributed by atoms with Gasteiger partial charge in [-0.25, -0.2) is 4.98 Å². The molecule has 1 amide bonds. The van der Waals surface area contributed by atoms with Gasteiger partial charge in [0.2, 0.25) is 0 Å². The van der Waals surface area contributed by atoms with Gasteiger partial charge in [-0.15, -0.1) is 0 Å². The van der Waals surface area contributed by atoms with E-state index in [2.05, 4.69) is 43.0 Å². The molecule has 0 bridgehead atoms. The van der Waals surface area contributed by atoms with Crippen molar-refractivity contribution in [3.63, 3.8) is 0 Å². The van der Waals surface area contributed by atoms with Gasteiger partial charge in [-0.1, -0.05) is 41.4 Å². The first-order valence-corrected chi connectivity index (χ1v) is 10.1. The maximum Gasteiger partial charge on any atom is 0.255 e. The van der Waals surface area contributed by atoms with E-state index in [0.29, 0.717) is 28.7 Å². The summed E-state index contributed by atoms with van der Waals surface area (Å²) in [4.78, 5) is 21.8. The molecule has 0 aliphatic carbocycles. The Labute approximate surface area is 174 Å². The van der Waals surface area contributed by atoms with E-state index in [1.165, 1.54) is 16.5 Å². The Bertz CT molecular complexity index is 1060. The van der Waals surface area contributed by atoms with Crippen LogP contribution in [0.15, 0.2) is 42.5 Å². The highest BCUT2D eigenvalue weighted by atomic mass is 35.5. The lowest BCUT2D eigenvalue weighted by molar-refractivity contribution is 0.0746. The lowest BCUT2D eigenvalue weighted by Crippen LogP contribution is -2.49. The fourth-order valence-electron chi connectivity index (χ4n) is 3.68. The van der Waals surface area contributed by atoms with Gasteiger partial charge in [0.15, 0.2) is 0 Å². The molecule has 1 aliphatic heterocycles. The predicted octanol–water partition coefficient (Wildman–Crippen LogP) is 5.12. The number of aromatic nitrogens is 1. The van der Waals surface area contributed by atoms with E-state index in [-0.39, 0.29) is 5.91 Å². The summed E-state index contributed by atoms with van der Waals surface area (Å²) in [6, 6.07) is 13.4. The Hall–Kier alpha value is -2.30. The Kier molecular flexibility index (Phi) is 5.17. The van der Waals surface area contributed by atoms with Crippen LogP contribution >= 0.6 is 23.2 Å². The van der Waals surface area contributed by atoms with Crippen LogP contribution < -0.4 is 4.90 Å². The van der Waals surface area contributed by atoms with Gasteiger partial charge in [-0.2, -0.15) is 0 Å². The van der Waals surface area contributed by atoms with Crippen LogP contribution in [-0.4, -0.2) is 42.0 Å². The molecule has 0 N–H and O–H groups in total. The molecule has 0 radical (unpaired) electrons. The number of halogens is 2. The number of pyridine rings is 1. The standard InChI is InChI=1S/C22H21Cl2N3O/c1-14-4-3-5-17-15(2)12-20(25-21(14)17)26-8-10-27(11-9-26)22(28)18-7-6-16(23)13-19(18)24/h3-7,12-13H,8-11H2,1-2H3. The third-order valence-corrected chi connectivity index (χ3v) is 5.83. The number of carbonyl (C=O) groups is 1. The van der Waals surface area contributed by atoms with Gasteiger partial charge in [0.05, 0.1) is 16.1 Å². The van der Waals surface area contributed by atoms with E-state index in [1.54, 1.807) is 18.2 Å². The van der Waals surface area contributed by atoms with Gasteiger partial charge in [0.25, 0.3) is 5.91 Å². The Morgan fingerprint density at radius 1 is 0.964 bits per heavy atom. The van der Waals surface area contributed by atoms with Crippen molar-refractivity contribution in [2.45, 2.75) is 13.8 Å². The average molecular weight is 414 g/mol. The van der Waals surface area contributed by atoms with Crippen molar-refractivity contribution >= 4 is 45.8 Å². The first kappa shape index (κ1) is 19.0. The quantitative estimate of drug-likeness (QED) is 0.584. The maximum atomic E-state index is 12.8. The van der Waals surface area contributed by atoms with Gasteiger partial charge in [0, 0.05) is 36.6 Å². The minimum atomic E-state index is -0.0557. The summed E-state index contributed by atoms with van der Waals surface area (Å²) in [6.07, 6.45) is 0. The number of rotatable bonds is 2. The zero-order chi connectivity index (χ0) is 19.8. The molecule has 2 aromatic carbocycles. The largest absolute Gasteiger partial charge is 0.353 e. The first-order valence-electron chi connectivity index (χ1n) is 9.30. The van der Waals surface area contributed by atoms with E-state index < -0.39 is 0 Å². The fraction of sp³-hybridized carbons (Fsp3) is 0.273. The highest BCUT2D eigenvalue weighted by Gasteiger charge is 2.24. The summed E-state index contributed by atoms with van der Waals surface area (Å²) in [6.45, 7) is 6.94. The van der Waals surface area contributed by atoms with Gasteiger partial charge < -0.3 is 9.80 Å². The molecule has 0 saturated carbocycles. The van der Waals surface area contributed by atoms with Crippen LogP contribution in [-0.2, 0) is 0 Å². The number of hydrogen-bond donors (Lipinski definition) is 0. The number of carbonyl (C=O) groups excluding carboxylic acids is 1. The molecule has 6 heteroatoms. The number of nitrogens with zero attached hydrogens (tertiary/aromatic N) is 3. The van der Waals surface area contributed by atoms with Crippen molar-refractivity contribution in [1.82, 2.24) is 9.88 Å². The molecule has 1 fully saturated rings. The zero-order valence-electron chi connectivity index (χ0n) is 15.9. The lowest BCUT2D eigenvalue weighted by Gasteiger charge is -2.36. The molecule has 4 rings (SSSR count). The summed E-state index contributed by atoms with van der Waals surface area (Å²) < 4.78 is 0. The molecule has 1 aliphatic rings. The van der Waals surface area contributed by atoms with Gasteiger partial charge in [-0.05, 0) is 49.2 Å². The third-order valence-electron chi connectivity index (χ3n) is 5.29. The van der Waals surface area contributed by atoms with Crippen LogP contribution in [0.5, 0.6) is 0 Å². The van der Waals surface area contributed by atoms with E-state index in [1.807, 2.05) is 4.90 Å². The first-order chi connectivity index (χ1) is 13.4. The normalized spacial score (nSPS) is 14.6. The summed E-state index contributed by atoms with van der Waals surface area (Å²) >= 11 is 12.1. The van der Waals surface area contributed by atoms with Crippen molar-refractivity contribution in [1.29, 1.82) is 0 Å². The summed E-state index contributed by atoms with van der Waals surface area (Å²) in [5.41, 5.74) is 3.93. The molecule has 0 unspecified atom stereocenters. The molecule has 3 aromatic rings. The minimum absolute atomic E-state index is 0.0557. The van der Waals surface area contributed by atoms with Crippen LogP contribution in [0, 0.1) is 13.8 Å². The molecule has 144 valence electrons. The van der Waals surface area contributed by atoms with Crippen LogP contribution in [0.25, 0.3) is 10.9 Å². The van der Waals surface area contributed by atoms with E-state index in [4.69, 9.17) is 28.2 Å². The summed E-state index contributed by atoms with van der Waals surface area (Å²) in [7, 11) is 0. The summed E-state index contributed by atoms with van der Waals surface area (Å²) in [5.74, 6) is 0.913. The predicted molar refractivity (Wildman–Crippen MR) is 116 cm³/mol. The number of para-hydroxylation sites is 1. The smallest absolute Gasteiger partial charge is 0.255 e. The number of anilines is 1. The molecule has 4 nitrogen and oxygen atoms in total. The average Bonchev–Trinajstić information content (AvgIpc) is 2.68. The molecule has 1 saturated heterocycles. The van der Waals surface area contributed by atoms with Gasteiger partial charge in [-0.3, -0.25) is 4.79 Å². The van der Waals surface area contributed by atoms with Crippen molar-refractivity contribution in [2.75, 3.05) is 31.1 Å². The molecule has 2 heterocycles. The van der Waals surface area contributed by atoms with Crippen LogP contribution in [0.1, 0.15) is 21.5 Å². The van der Waals surface area contributed by atoms with E-state index in [0.717, 1.165) is 24.4 Å². The molecule has 28 heavy (non-hydrogen) atoms. The fourth-order valence-corrected chi connectivity index (χ4v) is 4.17. The maximum absolute atomic E-state index is 12.8. The van der Waals surface area contributed by atoms with Gasteiger partial charge in [0.1, 0.15) is 5.82 Å². The lowest BCUT2D eigenvalue weighted by atomic mass is 10.1. The second kappa shape index (κ2) is 7.61. The highest BCUT2D eigenvalue weighted by Crippen LogP contribution is 2.26. The van der Waals surface area contributed by atoms with Crippen molar-refractivity contribution in [2.24, 2.45) is 0 Å². The topological polar surface area (TPSA) is 36.4 Å². The van der Waals surface area contributed by atoms with Crippen molar-refractivity contribution in [3.8, 4) is 0 Å². The Morgan fingerprint density at radius 2 is 1.71 bits per heavy atom. The Balaban J connectivity index is 1.52. The number of benzene rings is 2. The van der Waals surface area contributed by atoms with Gasteiger partial charge >= 0.3 is 0 Å². The Morgan fingerprint density at radius 3 is 2.43 bits per heavy atom. The number of fused-ring (bicyclic) bond motifs is 1. The SMILES string of the molecule is Cc1cc(N2CCN(C(=O)c3ccc(Cl)cc3Cl)CC2)nc2c(C)cccc12. The third kappa shape index (κ3) is 3.54. The highest BCUT2D eigenvalue weighted by molar-refractivity contribution is 6.36. The number of aryl methyl sites for hydroxylation is 2.